The molecular formula is C22H21FN2OS. The fraction of sp³-hybridized carbons (Fsp3) is 0.227. The molecule has 1 fully saturated rings. The van der Waals surface area contributed by atoms with Crippen molar-refractivity contribution in [2.45, 2.75) is 4.90 Å². The Hall–Kier alpha value is -2.53. The molecule has 0 N–H and O–H groups in total. The van der Waals surface area contributed by atoms with Crippen molar-refractivity contribution in [2.24, 2.45) is 0 Å². The van der Waals surface area contributed by atoms with Crippen molar-refractivity contribution in [2.75, 3.05) is 36.8 Å². The van der Waals surface area contributed by atoms with E-state index in [1.54, 1.807) is 23.9 Å². The highest BCUT2D eigenvalue weighted by atomic mass is 32.2. The van der Waals surface area contributed by atoms with Crippen LogP contribution in [0.15, 0.2) is 71.6 Å². The number of piperazine rings is 1. The van der Waals surface area contributed by atoms with Crippen molar-refractivity contribution < 1.29 is 9.18 Å². The summed E-state index contributed by atoms with van der Waals surface area (Å²) in [6.07, 6.45) is 0. The minimum Gasteiger partial charge on any atom is -0.366 e. The summed E-state index contributed by atoms with van der Waals surface area (Å²) in [6.45, 7) is 2.58. The maximum Gasteiger partial charge on any atom is 0.233 e. The van der Waals surface area contributed by atoms with Crippen molar-refractivity contribution in [1.82, 2.24) is 4.90 Å². The Morgan fingerprint density at radius 2 is 1.59 bits per heavy atom. The van der Waals surface area contributed by atoms with Crippen LogP contribution in [0.2, 0.25) is 0 Å². The molecule has 0 spiro atoms. The van der Waals surface area contributed by atoms with E-state index in [-0.39, 0.29) is 11.7 Å². The lowest BCUT2D eigenvalue weighted by Gasteiger charge is -2.36. The van der Waals surface area contributed by atoms with Gasteiger partial charge in [-0.2, -0.15) is 0 Å². The summed E-state index contributed by atoms with van der Waals surface area (Å²) in [5.41, 5.74) is 0.620. The summed E-state index contributed by atoms with van der Waals surface area (Å²) >= 11 is 1.57. The molecule has 138 valence electrons. The van der Waals surface area contributed by atoms with Gasteiger partial charge in [-0.15, -0.1) is 11.8 Å². The zero-order valence-corrected chi connectivity index (χ0v) is 15.8. The van der Waals surface area contributed by atoms with Gasteiger partial charge >= 0.3 is 0 Å². The van der Waals surface area contributed by atoms with Gasteiger partial charge in [-0.25, -0.2) is 4.39 Å². The molecule has 0 radical (unpaired) electrons. The highest BCUT2D eigenvalue weighted by Gasteiger charge is 2.22. The molecule has 4 rings (SSSR count). The molecule has 27 heavy (non-hydrogen) atoms. The third kappa shape index (κ3) is 4.08. The fourth-order valence-electron chi connectivity index (χ4n) is 3.40. The fourth-order valence-corrected chi connectivity index (χ4v) is 4.25. The summed E-state index contributed by atoms with van der Waals surface area (Å²) in [5, 5.41) is 2.39. The van der Waals surface area contributed by atoms with Gasteiger partial charge in [-0.3, -0.25) is 4.79 Å². The van der Waals surface area contributed by atoms with Crippen molar-refractivity contribution in [3.05, 3.63) is 72.5 Å². The number of fused-ring (bicyclic) bond motifs is 1. The minimum atomic E-state index is -0.205. The number of halogens is 1. The lowest BCUT2D eigenvalue weighted by molar-refractivity contribution is -0.128. The molecule has 0 atom stereocenters. The van der Waals surface area contributed by atoms with E-state index in [4.69, 9.17) is 0 Å². The Morgan fingerprint density at radius 1 is 0.889 bits per heavy atom. The van der Waals surface area contributed by atoms with E-state index in [1.165, 1.54) is 16.8 Å². The molecule has 0 saturated carbocycles. The summed E-state index contributed by atoms with van der Waals surface area (Å²) in [7, 11) is 0. The average Bonchev–Trinajstić information content (AvgIpc) is 2.72. The van der Waals surface area contributed by atoms with Gasteiger partial charge in [0.15, 0.2) is 0 Å². The summed E-state index contributed by atoms with van der Waals surface area (Å²) in [5.74, 6) is 0.364. The molecule has 3 aromatic rings. The predicted octanol–water partition coefficient (Wildman–Crippen LogP) is 4.42. The van der Waals surface area contributed by atoms with Crippen LogP contribution in [0.5, 0.6) is 0 Å². The molecule has 1 saturated heterocycles. The van der Waals surface area contributed by atoms with Crippen LogP contribution in [0.25, 0.3) is 10.8 Å². The predicted molar refractivity (Wildman–Crippen MR) is 110 cm³/mol. The molecule has 0 unspecified atom stereocenters. The van der Waals surface area contributed by atoms with Crippen LogP contribution in [-0.2, 0) is 4.79 Å². The molecular weight excluding hydrogens is 359 g/mol. The van der Waals surface area contributed by atoms with Crippen molar-refractivity contribution in [3.8, 4) is 0 Å². The second kappa shape index (κ2) is 8.01. The number of amides is 1. The molecule has 0 aromatic heterocycles. The van der Waals surface area contributed by atoms with Crippen LogP contribution < -0.4 is 4.90 Å². The Kier molecular flexibility index (Phi) is 5.30. The number of anilines is 1. The first-order valence-corrected chi connectivity index (χ1v) is 10.1. The molecule has 3 aromatic carbocycles. The van der Waals surface area contributed by atoms with Gasteiger partial charge in [0.05, 0.1) is 11.4 Å². The second-order valence-electron chi connectivity index (χ2n) is 6.62. The first-order chi connectivity index (χ1) is 13.2. The van der Waals surface area contributed by atoms with Gasteiger partial charge in [0, 0.05) is 31.1 Å². The second-order valence-corrected chi connectivity index (χ2v) is 7.67. The quantitative estimate of drug-likeness (QED) is 0.626. The lowest BCUT2D eigenvalue weighted by Crippen LogP contribution is -2.49. The monoisotopic (exact) mass is 380 g/mol. The molecule has 0 aliphatic carbocycles. The van der Waals surface area contributed by atoms with Gasteiger partial charge in [-0.05, 0) is 35.0 Å². The number of hydrogen-bond acceptors (Lipinski definition) is 3. The summed E-state index contributed by atoms with van der Waals surface area (Å²) in [4.78, 5) is 17.6. The number of benzene rings is 3. The molecule has 1 aliphatic rings. The Labute approximate surface area is 162 Å². The topological polar surface area (TPSA) is 23.6 Å². The van der Waals surface area contributed by atoms with Gasteiger partial charge in [-0.1, -0.05) is 42.5 Å². The van der Waals surface area contributed by atoms with Crippen LogP contribution in [0.1, 0.15) is 0 Å². The smallest absolute Gasteiger partial charge is 0.233 e. The van der Waals surface area contributed by atoms with Gasteiger partial charge < -0.3 is 9.80 Å². The average molecular weight is 380 g/mol. The van der Waals surface area contributed by atoms with E-state index in [0.717, 1.165) is 4.90 Å². The van der Waals surface area contributed by atoms with E-state index in [2.05, 4.69) is 30.3 Å². The number of para-hydroxylation sites is 1. The van der Waals surface area contributed by atoms with E-state index in [9.17, 15) is 9.18 Å². The van der Waals surface area contributed by atoms with Crippen LogP contribution >= 0.6 is 11.8 Å². The van der Waals surface area contributed by atoms with Crippen molar-refractivity contribution >= 4 is 34.1 Å². The molecule has 3 nitrogen and oxygen atoms in total. The lowest BCUT2D eigenvalue weighted by atomic mass is 10.1. The van der Waals surface area contributed by atoms with Crippen LogP contribution in [-0.4, -0.2) is 42.7 Å². The standard InChI is InChI=1S/C22H21FN2OS/c23-20-7-3-4-8-21(20)24-11-13-25(14-12-24)22(26)16-27-19-10-9-17-5-1-2-6-18(17)15-19/h1-10,15H,11-14,16H2. The highest BCUT2D eigenvalue weighted by Crippen LogP contribution is 2.25. The number of nitrogens with zero attached hydrogens (tertiary/aromatic N) is 2. The van der Waals surface area contributed by atoms with Gasteiger partial charge in [0.2, 0.25) is 5.91 Å². The summed E-state index contributed by atoms with van der Waals surface area (Å²) < 4.78 is 13.9. The number of rotatable bonds is 4. The molecule has 1 amide bonds. The molecule has 1 heterocycles. The minimum absolute atomic E-state index is 0.140. The van der Waals surface area contributed by atoms with Crippen LogP contribution in [0.4, 0.5) is 10.1 Å². The van der Waals surface area contributed by atoms with Crippen LogP contribution in [0.3, 0.4) is 0 Å². The van der Waals surface area contributed by atoms with E-state index in [1.807, 2.05) is 28.0 Å². The number of thioether (sulfide) groups is 1. The molecule has 0 bridgehead atoms. The summed E-state index contributed by atoms with van der Waals surface area (Å²) in [6, 6.07) is 21.3. The zero-order valence-electron chi connectivity index (χ0n) is 15.0. The Balaban J connectivity index is 1.32. The first-order valence-electron chi connectivity index (χ1n) is 9.09. The molecule has 1 aliphatic heterocycles. The highest BCUT2D eigenvalue weighted by molar-refractivity contribution is 8.00. The normalized spacial score (nSPS) is 14.6. The molecule has 5 heteroatoms. The zero-order chi connectivity index (χ0) is 18.6. The SMILES string of the molecule is O=C(CSc1ccc2ccccc2c1)N1CCN(c2ccccc2F)CC1. The van der Waals surface area contributed by atoms with Gasteiger partial charge in [0.25, 0.3) is 0 Å². The van der Waals surface area contributed by atoms with Crippen LogP contribution in [0, 0.1) is 5.82 Å². The Bertz CT molecular complexity index is 954. The van der Waals surface area contributed by atoms with E-state index < -0.39 is 0 Å². The van der Waals surface area contributed by atoms with Crippen molar-refractivity contribution in [3.63, 3.8) is 0 Å². The third-order valence-corrected chi connectivity index (χ3v) is 5.89. The van der Waals surface area contributed by atoms with Gasteiger partial charge in [0.1, 0.15) is 5.82 Å². The van der Waals surface area contributed by atoms with E-state index >= 15 is 0 Å². The third-order valence-electron chi connectivity index (χ3n) is 4.91. The number of carbonyl (C=O) groups excluding carboxylic acids is 1. The number of hydrogen-bond donors (Lipinski definition) is 0. The largest absolute Gasteiger partial charge is 0.366 e. The Morgan fingerprint density at radius 3 is 2.37 bits per heavy atom. The number of carbonyl (C=O) groups is 1. The maximum absolute atomic E-state index is 13.9. The van der Waals surface area contributed by atoms with E-state index in [0.29, 0.717) is 37.6 Å². The maximum atomic E-state index is 13.9. The van der Waals surface area contributed by atoms with Crippen molar-refractivity contribution in [1.29, 1.82) is 0 Å². The first kappa shape index (κ1) is 17.9.